The molecule has 1 aliphatic heterocycles. The van der Waals surface area contributed by atoms with Gasteiger partial charge in [-0.2, -0.15) is 0 Å². The number of nitrogens with one attached hydrogen (secondary N) is 1. The SMILES string of the molecule is CC(C)C(NC(=O)CS(=O)(=O)c1ccccc1)C(=O)N1CCC(c2ccc(Cl)cc2)CC1. The molecule has 6 nitrogen and oxygen atoms in total. The van der Waals surface area contributed by atoms with Gasteiger partial charge in [-0.1, -0.05) is 55.8 Å². The molecule has 1 atom stereocenters. The summed E-state index contributed by atoms with van der Waals surface area (Å²) >= 11 is 5.97. The van der Waals surface area contributed by atoms with E-state index in [0.29, 0.717) is 24.0 Å². The third kappa shape index (κ3) is 6.11. The van der Waals surface area contributed by atoms with Crippen LogP contribution in [-0.2, 0) is 19.4 Å². The molecule has 1 fully saturated rings. The maximum Gasteiger partial charge on any atom is 0.245 e. The van der Waals surface area contributed by atoms with Gasteiger partial charge in [0.1, 0.15) is 11.8 Å². The molecule has 32 heavy (non-hydrogen) atoms. The third-order valence-corrected chi connectivity index (χ3v) is 7.71. The lowest BCUT2D eigenvalue weighted by molar-refractivity contribution is -0.138. The van der Waals surface area contributed by atoms with Crippen LogP contribution in [0.5, 0.6) is 0 Å². The Morgan fingerprint density at radius 2 is 1.62 bits per heavy atom. The lowest BCUT2D eigenvalue weighted by atomic mass is 9.89. The van der Waals surface area contributed by atoms with Gasteiger partial charge in [0.25, 0.3) is 0 Å². The van der Waals surface area contributed by atoms with Crippen molar-refractivity contribution in [2.45, 2.75) is 43.5 Å². The number of amides is 2. The van der Waals surface area contributed by atoms with E-state index in [-0.39, 0.29) is 16.7 Å². The van der Waals surface area contributed by atoms with Crippen molar-refractivity contribution < 1.29 is 18.0 Å². The second kappa shape index (κ2) is 10.5. The summed E-state index contributed by atoms with van der Waals surface area (Å²) in [6, 6.07) is 14.9. The molecule has 0 spiro atoms. The smallest absolute Gasteiger partial charge is 0.245 e. The number of likely N-dealkylation sites (tertiary alicyclic amines) is 1. The van der Waals surface area contributed by atoms with E-state index in [1.807, 2.05) is 38.1 Å². The molecule has 0 radical (unpaired) electrons. The number of hydrogen-bond acceptors (Lipinski definition) is 4. The largest absolute Gasteiger partial charge is 0.343 e. The first-order valence-electron chi connectivity index (χ1n) is 10.8. The molecule has 8 heteroatoms. The summed E-state index contributed by atoms with van der Waals surface area (Å²) in [5, 5.41) is 3.36. The highest BCUT2D eigenvalue weighted by molar-refractivity contribution is 7.92. The van der Waals surface area contributed by atoms with Crippen LogP contribution in [-0.4, -0.2) is 50.0 Å². The van der Waals surface area contributed by atoms with Gasteiger partial charge in [0, 0.05) is 18.1 Å². The molecule has 0 aliphatic carbocycles. The summed E-state index contributed by atoms with van der Waals surface area (Å²) < 4.78 is 25.0. The average molecular weight is 477 g/mol. The Kier molecular flexibility index (Phi) is 7.96. The average Bonchev–Trinajstić information content (AvgIpc) is 2.78. The number of carbonyl (C=O) groups excluding carboxylic acids is 2. The molecule has 2 amide bonds. The van der Waals surface area contributed by atoms with Crippen LogP contribution in [0.2, 0.25) is 5.02 Å². The van der Waals surface area contributed by atoms with Gasteiger partial charge in [0.05, 0.1) is 4.90 Å². The Morgan fingerprint density at radius 1 is 1.03 bits per heavy atom. The van der Waals surface area contributed by atoms with Crippen molar-refractivity contribution >= 4 is 33.3 Å². The summed E-state index contributed by atoms with van der Waals surface area (Å²) in [6.07, 6.45) is 1.66. The van der Waals surface area contributed by atoms with Gasteiger partial charge >= 0.3 is 0 Å². The Labute approximate surface area is 194 Å². The first kappa shape index (κ1) is 24.3. The number of nitrogens with zero attached hydrogens (tertiary/aromatic N) is 1. The van der Waals surface area contributed by atoms with Crippen molar-refractivity contribution in [1.82, 2.24) is 10.2 Å². The molecule has 1 unspecified atom stereocenters. The number of piperidine rings is 1. The van der Waals surface area contributed by atoms with Gasteiger partial charge in [0.2, 0.25) is 11.8 Å². The monoisotopic (exact) mass is 476 g/mol. The molecule has 1 saturated heterocycles. The Balaban J connectivity index is 1.60. The number of halogens is 1. The van der Waals surface area contributed by atoms with E-state index >= 15 is 0 Å². The number of carbonyl (C=O) groups is 2. The minimum atomic E-state index is -3.77. The van der Waals surface area contributed by atoms with E-state index in [9.17, 15) is 18.0 Å². The van der Waals surface area contributed by atoms with E-state index in [1.165, 1.54) is 17.7 Å². The second-order valence-corrected chi connectivity index (χ2v) is 10.9. The van der Waals surface area contributed by atoms with Crippen LogP contribution in [0.3, 0.4) is 0 Å². The van der Waals surface area contributed by atoms with Crippen LogP contribution in [0.4, 0.5) is 0 Å². The Bertz CT molecular complexity index is 1030. The summed E-state index contributed by atoms with van der Waals surface area (Å²) in [7, 11) is -3.77. The van der Waals surface area contributed by atoms with Gasteiger partial charge in [-0.15, -0.1) is 0 Å². The fraction of sp³-hybridized carbons (Fsp3) is 0.417. The van der Waals surface area contributed by atoms with E-state index < -0.39 is 27.5 Å². The number of benzene rings is 2. The first-order chi connectivity index (χ1) is 15.2. The minimum absolute atomic E-state index is 0.0897. The molecule has 2 aromatic carbocycles. The summed E-state index contributed by atoms with van der Waals surface area (Å²) in [5.41, 5.74) is 1.21. The molecular formula is C24H29ClN2O4S. The van der Waals surface area contributed by atoms with Crippen molar-refractivity contribution in [2.75, 3.05) is 18.8 Å². The van der Waals surface area contributed by atoms with Gasteiger partial charge in [0.15, 0.2) is 9.84 Å². The first-order valence-corrected chi connectivity index (χ1v) is 12.8. The summed E-state index contributed by atoms with van der Waals surface area (Å²) in [5.74, 6) is -1.33. The van der Waals surface area contributed by atoms with Crippen LogP contribution >= 0.6 is 11.6 Å². The zero-order chi connectivity index (χ0) is 23.3. The fourth-order valence-electron chi connectivity index (χ4n) is 3.98. The lowest BCUT2D eigenvalue weighted by Crippen LogP contribution is -2.53. The van der Waals surface area contributed by atoms with Crippen LogP contribution in [0.1, 0.15) is 38.2 Å². The highest BCUT2D eigenvalue weighted by Gasteiger charge is 2.32. The lowest BCUT2D eigenvalue weighted by Gasteiger charge is -2.35. The second-order valence-electron chi connectivity index (χ2n) is 8.51. The third-order valence-electron chi connectivity index (χ3n) is 5.82. The maximum atomic E-state index is 13.1. The normalized spacial score (nSPS) is 16.1. The number of sulfone groups is 1. The molecular weight excluding hydrogens is 448 g/mol. The van der Waals surface area contributed by atoms with E-state index in [1.54, 1.807) is 23.1 Å². The molecule has 3 rings (SSSR count). The predicted molar refractivity (Wildman–Crippen MR) is 125 cm³/mol. The molecule has 1 heterocycles. The quantitative estimate of drug-likeness (QED) is 0.661. The highest BCUT2D eigenvalue weighted by Crippen LogP contribution is 2.29. The molecule has 1 aliphatic rings. The van der Waals surface area contributed by atoms with E-state index in [2.05, 4.69) is 5.32 Å². The Hall–Kier alpha value is -2.38. The van der Waals surface area contributed by atoms with Crippen molar-refractivity contribution in [3.05, 3.63) is 65.2 Å². The van der Waals surface area contributed by atoms with Crippen LogP contribution in [0, 0.1) is 5.92 Å². The molecule has 0 bridgehead atoms. The van der Waals surface area contributed by atoms with E-state index in [4.69, 9.17) is 11.6 Å². The molecule has 0 aromatic heterocycles. The predicted octanol–water partition coefficient (Wildman–Crippen LogP) is 3.66. The van der Waals surface area contributed by atoms with Crippen molar-refractivity contribution in [2.24, 2.45) is 5.92 Å². The van der Waals surface area contributed by atoms with Gasteiger partial charge in [-0.3, -0.25) is 9.59 Å². The van der Waals surface area contributed by atoms with Crippen molar-refractivity contribution in [3.8, 4) is 0 Å². The number of hydrogen-bond donors (Lipinski definition) is 1. The molecule has 172 valence electrons. The minimum Gasteiger partial charge on any atom is -0.343 e. The summed E-state index contributed by atoms with van der Waals surface area (Å²) in [4.78, 5) is 27.5. The van der Waals surface area contributed by atoms with Crippen LogP contribution in [0.25, 0.3) is 0 Å². The van der Waals surface area contributed by atoms with Gasteiger partial charge in [-0.05, 0) is 54.5 Å². The maximum absolute atomic E-state index is 13.1. The topological polar surface area (TPSA) is 83.5 Å². The number of rotatable bonds is 7. The molecule has 1 N–H and O–H groups in total. The standard InChI is InChI=1S/C24H29ClN2O4S/c1-17(2)23(26-22(28)16-32(30,31)21-6-4-3-5-7-21)24(29)27-14-12-19(13-15-27)18-8-10-20(25)11-9-18/h3-11,17,19,23H,12-16H2,1-2H3,(H,26,28). The van der Waals surface area contributed by atoms with Crippen LogP contribution in [0.15, 0.2) is 59.5 Å². The molecule has 0 saturated carbocycles. The van der Waals surface area contributed by atoms with Gasteiger partial charge < -0.3 is 10.2 Å². The fourth-order valence-corrected chi connectivity index (χ4v) is 5.27. The highest BCUT2D eigenvalue weighted by atomic mass is 35.5. The Morgan fingerprint density at radius 3 is 2.19 bits per heavy atom. The van der Waals surface area contributed by atoms with Crippen molar-refractivity contribution in [3.63, 3.8) is 0 Å². The van der Waals surface area contributed by atoms with Crippen LogP contribution < -0.4 is 5.32 Å². The zero-order valence-corrected chi connectivity index (χ0v) is 19.9. The zero-order valence-electron chi connectivity index (χ0n) is 18.3. The van der Waals surface area contributed by atoms with E-state index in [0.717, 1.165) is 12.8 Å². The van der Waals surface area contributed by atoms with Crippen molar-refractivity contribution in [1.29, 1.82) is 0 Å². The molecule has 2 aromatic rings. The van der Waals surface area contributed by atoms with Gasteiger partial charge in [-0.25, -0.2) is 8.42 Å². The summed E-state index contributed by atoms with van der Waals surface area (Å²) in [6.45, 7) is 4.87.